The van der Waals surface area contributed by atoms with Crippen molar-refractivity contribution in [2.24, 2.45) is 0 Å². The second-order valence-electron chi connectivity index (χ2n) is 4.35. The first-order valence-electron chi connectivity index (χ1n) is 5.94. The van der Waals surface area contributed by atoms with Gasteiger partial charge < -0.3 is 10.2 Å². The van der Waals surface area contributed by atoms with Gasteiger partial charge in [0.05, 0.1) is 15.7 Å². The quantitative estimate of drug-likeness (QED) is 0.843. The number of carbonyl (C=O) groups excluding carboxylic acids is 1. The van der Waals surface area contributed by atoms with Gasteiger partial charge in [-0.25, -0.2) is 4.98 Å². The van der Waals surface area contributed by atoms with Gasteiger partial charge in [-0.05, 0) is 24.6 Å². The molecule has 4 nitrogen and oxygen atoms in total. The molecule has 0 aliphatic carbocycles. The molecule has 96 valence electrons. The lowest BCUT2D eigenvalue weighted by atomic mass is 10.2. The van der Waals surface area contributed by atoms with E-state index in [0.717, 1.165) is 24.2 Å². The molecule has 0 radical (unpaired) electrons. The average Bonchev–Trinajstić information content (AvgIpc) is 2.81. The van der Waals surface area contributed by atoms with Crippen LogP contribution in [0, 0.1) is 0 Å². The van der Waals surface area contributed by atoms with E-state index < -0.39 is 0 Å². The molecule has 1 N–H and O–H groups in total. The van der Waals surface area contributed by atoms with E-state index in [-0.39, 0.29) is 5.91 Å². The predicted molar refractivity (Wildman–Crippen MR) is 76.0 cm³/mol. The van der Waals surface area contributed by atoms with Gasteiger partial charge in [0, 0.05) is 32.7 Å². The molecule has 18 heavy (non-hydrogen) atoms. The molecule has 1 aromatic carbocycles. The minimum Gasteiger partial charge on any atom is -0.385 e. The fourth-order valence-electron chi connectivity index (χ4n) is 1.66. The van der Waals surface area contributed by atoms with Crippen molar-refractivity contribution in [3.63, 3.8) is 0 Å². The minimum atomic E-state index is 0.176. The Bertz CT molecular complexity index is 536. The van der Waals surface area contributed by atoms with Crippen LogP contribution in [-0.2, 0) is 4.79 Å². The van der Waals surface area contributed by atoms with Crippen molar-refractivity contribution in [1.29, 1.82) is 0 Å². The van der Waals surface area contributed by atoms with Gasteiger partial charge >= 0.3 is 0 Å². The maximum Gasteiger partial charge on any atom is 0.222 e. The highest BCUT2D eigenvalue weighted by Crippen LogP contribution is 2.21. The van der Waals surface area contributed by atoms with Crippen LogP contribution >= 0.6 is 11.3 Å². The Morgan fingerprint density at radius 2 is 2.28 bits per heavy atom. The number of hydrogen-bond acceptors (Lipinski definition) is 4. The predicted octanol–water partition coefficient (Wildman–Crippen LogP) is 2.58. The molecule has 0 atom stereocenters. The zero-order valence-corrected chi connectivity index (χ0v) is 11.5. The molecule has 0 bridgehead atoms. The highest BCUT2D eigenvalue weighted by atomic mass is 32.1. The maximum atomic E-state index is 11.4. The van der Waals surface area contributed by atoms with Gasteiger partial charge in [0.2, 0.25) is 5.91 Å². The molecule has 0 fully saturated rings. The third-order valence-electron chi connectivity index (χ3n) is 2.73. The molecule has 1 amide bonds. The number of rotatable bonds is 5. The number of nitrogens with zero attached hydrogens (tertiary/aromatic N) is 2. The van der Waals surface area contributed by atoms with E-state index in [2.05, 4.69) is 16.4 Å². The Kier molecular flexibility index (Phi) is 4.15. The first-order chi connectivity index (χ1) is 8.66. The van der Waals surface area contributed by atoms with E-state index in [1.165, 1.54) is 4.70 Å². The van der Waals surface area contributed by atoms with E-state index in [1.807, 2.05) is 17.6 Å². The molecule has 0 saturated heterocycles. The molecule has 0 aliphatic heterocycles. The van der Waals surface area contributed by atoms with Crippen LogP contribution in [-0.4, -0.2) is 36.4 Å². The Balaban J connectivity index is 1.81. The summed E-state index contributed by atoms with van der Waals surface area (Å²) >= 11 is 1.64. The Labute approximate surface area is 111 Å². The summed E-state index contributed by atoms with van der Waals surface area (Å²) in [5.41, 5.74) is 3.97. The number of fused-ring (bicyclic) bond motifs is 1. The van der Waals surface area contributed by atoms with Crippen LogP contribution in [0.5, 0.6) is 0 Å². The molecule has 0 spiro atoms. The van der Waals surface area contributed by atoms with Crippen LogP contribution in [0.3, 0.4) is 0 Å². The fourth-order valence-corrected chi connectivity index (χ4v) is 2.38. The van der Waals surface area contributed by atoms with E-state index in [0.29, 0.717) is 6.42 Å². The van der Waals surface area contributed by atoms with Crippen molar-refractivity contribution in [1.82, 2.24) is 9.88 Å². The van der Waals surface area contributed by atoms with Gasteiger partial charge in [0.15, 0.2) is 0 Å². The number of anilines is 1. The summed E-state index contributed by atoms with van der Waals surface area (Å²) < 4.78 is 1.18. The third kappa shape index (κ3) is 3.20. The summed E-state index contributed by atoms with van der Waals surface area (Å²) in [6.45, 7) is 0.809. The number of nitrogens with one attached hydrogen (secondary N) is 1. The molecule has 1 aromatic heterocycles. The highest BCUT2D eigenvalue weighted by molar-refractivity contribution is 7.16. The smallest absolute Gasteiger partial charge is 0.222 e. The summed E-state index contributed by atoms with van der Waals surface area (Å²) in [6.07, 6.45) is 1.43. The summed E-state index contributed by atoms with van der Waals surface area (Å²) in [5.74, 6) is 0.176. The summed E-state index contributed by atoms with van der Waals surface area (Å²) in [4.78, 5) is 17.3. The van der Waals surface area contributed by atoms with Gasteiger partial charge in [-0.15, -0.1) is 11.3 Å². The molecule has 5 heteroatoms. The number of hydrogen-bond donors (Lipinski definition) is 1. The van der Waals surface area contributed by atoms with Crippen molar-refractivity contribution >= 4 is 33.1 Å². The Hall–Kier alpha value is -1.62. The minimum absolute atomic E-state index is 0.176. The fraction of sp³-hybridized carbons (Fsp3) is 0.385. The Morgan fingerprint density at radius 1 is 1.44 bits per heavy atom. The van der Waals surface area contributed by atoms with Crippen LogP contribution in [0.15, 0.2) is 23.7 Å². The van der Waals surface area contributed by atoms with E-state index in [9.17, 15) is 4.79 Å². The van der Waals surface area contributed by atoms with Crippen molar-refractivity contribution in [3.05, 3.63) is 23.7 Å². The van der Waals surface area contributed by atoms with Crippen molar-refractivity contribution < 1.29 is 4.79 Å². The first-order valence-corrected chi connectivity index (χ1v) is 6.82. The zero-order chi connectivity index (χ0) is 13.0. The van der Waals surface area contributed by atoms with Crippen LogP contribution in [0.2, 0.25) is 0 Å². The lowest BCUT2D eigenvalue weighted by Gasteiger charge is -2.10. The molecule has 1 heterocycles. The molecular formula is C13H17N3OS. The van der Waals surface area contributed by atoms with Crippen LogP contribution in [0.25, 0.3) is 10.2 Å². The summed E-state index contributed by atoms with van der Waals surface area (Å²) in [7, 11) is 3.57. The lowest BCUT2D eigenvalue weighted by Crippen LogP contribution is -2.21. The Morgan fingerprint density at radius 3 is 3.06 bits per heavy atom. The van der Waals surface area contributed by atoms with Crippen LogP contribution in [0.4, 0.5) is 5.69 Å². The second-order valence-corrected chi connectivity index (χ2v) is 5.24. The molecule has 0 unspecified atom stereocenters. The molecular weight excluding hydrogens is 246 g/mol. The van der Waals surface area contributed by atoms with Crippen molar-refractivity contribution in [2.45, 2.75) is 12.8 Å². The van der Waals surface area contributed by atoms with Gasteiger partial charge in [0.25, 0.3) is 0 Å². The normalized spacial score (nSPS) is 10.6. The third-order valence-corrected chi connectivity index (χ3v) is 3.52. The maximum absolute atomic E-state index is 11.4. The molecule has 0 aliphatic rings. The largest absolute Gasteiger partial charge is 0.385 e. The van der Waals surface area contributed by atoms with E-state index >= 15 is 0 Å². The van der Waals surface area contributed by atoms with Gasteiger partial charge in [-0.2, -0.15) is 0 Å². The summed E-state index contributed by atoms with van der Waals surface area (Å²) in [5, 5.41) is 3.33. The van der Waals surface area contributed by atoms with Crippen molar-refractivity contribution in [3.8, 4) is 0 Å². The highest BCUT2D eigenvalue weighted by Gasteiger charge is 2.03. The summed E-state index contributed by atoms with van der Waals surface area (Å²) in [6, 6.07) is 6.13. The van der Waals surface area contributed by atoms with Gasteiger partial charge in [-0.1, -0.05) is 0 Å². The monoisotopic (exact) mass is 263 g/mol. The number of thiazole rings is 1. The lowest BCUT2D eigenvalue weighted by molar-refractivity contribution is -0.128. The van der Waals surface area contributed by atoms with Crippen molar-refractivity contribution in [2.75, 3.05) is 26.0 Å². The van der Waals surface area contributed by atoms with Crippen LogP contribution in [0.1, 0.15) is 12.8 Å². The van der Waals surface area contributed by atoms with E-state index in [1.54, 1.807) is 30.3 Å². The standard InChI is InChI=1S/C13H17N3OS/c1-16(2)13(17)4-3-7-14-10-5-6-11-12(8-10)18-9-15-11/h5-6,8-9,14H,3-4,7H2,1-2H3. The van der Waals surface area contributed by atoms with Gasteiger partial charge in [0.1, 0.15) is 0 Å². The SMILES string of the molecule is CN(C)C(=O)CCCNc1ccc2ncsc2c1. The topological polar surface area (TPSA) is 45.2 Å². The molecule has 2 rings (SSSR count). The van der Waals surface area contributed by atoms with Crippen LogP contribution < -0.4 is 5.32 Å². The number of amides is 1. The molecule has 0 saturated carbocycles. The second kappa shape index (κ2) is 5.82. The molecule has 2 aromatic rings. The first kappa shape index (κ1) is 12.8. The number of carbonyl (C=O) groups is 1. The number of benzene rings is 1. The zero-order valence-electron chi connectivity index (χ0n) is 10.6. The van der Waals surface area contributed by atoms with Gasteiger partial charge in [-0.3, -0.25) is 4.79 Å². The number of aromatic nitrogens is 1. The average molecular weight is 263 g/mol. The van der Waals surface area contributed by atoms with E-state index in [4.69, 9.17) is 0 Å².